The lowest BCUT2D eigenvalue weighted by Crippen LogP contribution is -2.08. The molecule has 6 nitrogen and oxygen atoms in total. The van der Waals surface area contributed by atoms with Crippen molar-refractivity contribution in [2.75, 3.05) is 17.6 Å². The van der Waals surface area contributed by atoms with Gasteiger partial charge >= 0.3 is 5.69 Å². The highest BCUT2D eigenvalue weighted by atomic mass is 32.1. The molecule has 0 atom stereocenters. The number of anilines is 2. The Hall–Kier alpha value is -2.15. The van der Waals surface area contributed by atoms with E-state index in [1.54, 1.807) is 23.5 Å². The Bertz CT molecular complexity index is 597. The van der Waals surface area contributed by atoms with Crippen LogP contribution in [0.2, 0.25) is 0 Å². The van der Waals surface area contributed by atoms with Gasteiger partial charge in [-0.25, -0.2) is 4.98 Å². The number of nitrogens with two attached hydrogens (primary N) is 1. The van der Waals surface area contributed by atoms with Crippen LogP contribution in [0.3, 0.4) is 0 Å². The third kappa shape index (κ3) is 3.19. The number of nitrogens with one attached hydrogen (secondary N) is 1. The van der Waals surface area contributed by atoms with E-state index in [4.69, 9.17) is 5.73 Å². The summed E-state index contributed by atoms with van der Waals surface area (Å²) in [4.78, 5) is 14.8. The lowest BCUT2D eigenvalue weighted by atomic mass is 10.2. The molecule has 0 radical (unpaired) electrons. The molecular weight excluding hydrogens is 264 g/mol. The Morgan fingerprint density at radius 2 is 2.32 bits per heavy atom. The highest BCUT2D eigenvalue weighted by Gasteiger charge is 2.17. The van der Waals surface area contributed by atoms with Crippen LogP contribution in [0.5, 0.6) is 0 Å². The van der Waals surface area contributed by atoms with Crippen LogP contribution < -0.4 is 11.1 Å². The standard InChI is InChI=1S/C12H14N4O2S/c1-8-7-19-11(15-8)5-6-14-10-4-2-3-9(13)12(10)16(17)18/h2-4,7,14H,5-6,13H2,1H3. The minimum atomic E-state index is -0.467. The van der Waals surface area contributed by atoms with Gasteiger partial charge in [0.05, 0.1) is 9.93 Å². The molecule has 0 aliphatic rings. The quantitative estimate of drug-likeness (QED) is 0.498. The summed E-state index contributed by atoms with van der Waals surface area (Å²) in [5, 5.41) is 17.0. The molecule has 2 rings (SSSR count). The summed E-state index contributed by atoms with van der Waals surface area (Å²) < 4.78 is 0. The summed E-state index contributed by atoms with van der Waals surface area (Å²) in [6, 6.07) is 4.87. The number of para-hydroxylation sites is 1. The van der Waals surface area contributed by atoms with E-state index in [0.29, 0.717) is 12.2 Å². The Labute approximate surface area is 114 Å². The molecule has 100 valence electrons. The number of nitro benzene ring substituents is 1. The molecule has 0 aliphatic carbocycles. The molecule has 7 heteroatoms. The summed E-state index contributed by atoms with van der Waals surface area (Å²) in [6.07, 6.45) is 0.727. The highest BCUT2D eigenvalue weighted by molar-refractivity contribution is 7.09. The molecule has 1 heterocycles. The average molecular weight is 278 g/mol. The molecule has 1 aromatic heterocycles. The Kier molecular flexibility index (Phi) is 3.96. The van der Waals surface area contributed by atoms with E-state index in [1.807, 2.05) is 12.3 Å². The summed E-state index contributed by atoms with van der Waals surface area (Å²) >= 11 is 1.59. The first-order valence-electron chi connectivity index (χ1n) is 5.75. The maximum absolute atomic E-state index is 11.0. The van der Waals surface area contributed by atoms with Gasteiger partial charge in [-0.1, -0.05) is 6.07 Å². The maximum atomic E-state index is 11.0. The van der Waals surface area contributed by atoms with Crippen molar-refractivity contribution in [2.24, 2.45) is 0 Å². The van der Waals surface area contributed by atoms with E-state index in [-0.39, 0.29) is 11.4 Å². The van der Waals surface area contributed by atoms with Crippen LogP contribution in [-0.2, 0) is 6.42 Å². The minimum Gasteiger partial charge on any atom is -0.393 e. The van der Waals surface area contributed by atoms with Crippen LogP contribution in [0.4, 0.5) is 17.1 Å². The van der Waals surface area contributed by atoms with Crippen LogP contribution in [-0.4, -0.2) is 16.5 Å². The van der Waals surface area contributed by atoms with Crippen LogP contribution in [0, 0.1) is 17.0 Å². The molecule has 0 unspecified atom stereocenters. The van der Waals surface area contributed by atoms with Crippen molar-refractivity contribution in [1.82, 2.24) is 4.98 Å². The van der Waals surface area contributed by atoms with Gasteiger partial charge in [0.25, 0.3) is 0 Å². The number of nitro groups is 1. The van der Waals surface area contributed by atoms with E-state index in [0.717, 1.165) is 17.1 Å². The van der Waals surface area contributed by atoms with Gasteiger partial charge in [0.2, 0.25) is 0 Å². The molecule has 0 fully saturated rings. The fourth-order valence-corrected chi connectivity index (χ4v) is 2.51. The van der Waals surface area contributed by atoms with Gasteiger partial charge in [0.1, 0.15) is 11.4 Å². The first kappa shape index (κ1) is 13.3. The van der Waals surface area contributed by atoms with Crippen LogP contribution in [0.25, 0.3) is 0 Å². The molecule has 3 N–H and O–H groups in total. The normalized spacial score (nSPS) is 10.4. The largest absolute Gasteiger partial charge is 0.393 e. The van der Waals surface area contributed by atoms with Crippen LogP contribution >= 0.6 is 11.3 Å². The molecular formula is C12H14N4O2S. The third-order valence-electron chi connectivity index (χ3n) is 2.57. The van der Waals surface area contributed by atoms with Crippen molar-refractivity contribution in [1.29, 1.82) is 0 Å². The first-order chi connectivity index (χ1) is 9.08. The van der Waals surface area contributed by atoms with Gasteiger partial charge in [0.15, 0.2) is 0 Å². The third-order valence-corrected chi connectivity index (χ3v) is 3.60. The predicted octanol–water partition coefficient (Wildman–Crippen LogP) is 2.60. The van der Waals surface area contributed by atoms with Crippen molar-refractivity contribution < 1.29 is 4.92 Å². The average Bonchev–Trinajstić information content (AvgIpc) is 2.74. The topological polar surface area (TPSA) is 94.1 Å². The van der Waals surface area contributed by atoms with Crippen molar-refractivity contribution in [3.8, 4) is 0 Å². The van der Waals surface area contributed by atoms with Gasteiger partial charge in [-0.15, -0.1) is 11.3 Å². The lowest BCUT2D eigenvalue weighted by molar-refractivity contribution is -0.383. The van der Waals surface area contributed by atoms with Gasteiger partial charge in [0, 0.05) is 24.0 Å². The summed E-state index contributed by atoms with van der Waals surface area (Å²) in [5.41, 5.74) is 7.15. The molecule has 19 heavy (non-hydrogen) atoms. The van der Waals surface area contributed by atoms with Crippen LogP contribution in [0.1, 0.15) is 10.7 Å². The van der Waals surface area contributed by atoms with Crippen LogP contribution in [0.15, 0.2) is 23.6 Å². The van der Waals surface area contributed by atoms with E-state index >= 15 is 0 Å². The smallest absolute Gasteiger partial charge is 0.314 e. The number of hydrogen-bond donors (Lipinski definition) is 2. The van der Waals surface area contributed by atoms with Gasteiger partial charge < -0.3 is 11.1 Å². The van der Waals surface area contributed by atoms with Crippen molar-refractivity contribution in [2.45, 2.75) is 13.3 Å². The number of benzene rings is 1. The number of nitrogens with zero attached hydrogens (tertiary/aromatic N) is 2. The van der Waals surface area contributed by atoms with Crippen molar-refractivity contribution >= 4 is 28.4 Å². The minimum absolute atomic E-state index is 0.0715. The zero-order chi connectivity index (χ0) is 13.8. The first-order valence-corrected chi connectivity index (χ1v) is 6.63. The maximum Gasteiger partial charge on any atom is 0.314 e. The number of aromatic nitrogens is 1. The van der Waals surface area contributed by atoms with E-state index in [1.165, 1.54) is 6.07 Å². The number of rotatable bonds is 5. The van der Waals surface area contributed by atoms with E-state index < -0.39 is 4.92 Å². The number of hydrogen-bond acceptors (Lipinski definition) is 6. The highest BCUT2D eigenvalue weighted by Crippen LogP contribution is 2.30. The summed E-state index contributed by atoms with van der Waals surface area (Å²) in [6.45, 7) is 2.52. The Balaban J connectivity index is 2.03. The van der Waals surface area contributed by atoms with Crippen molar-refractivity contribution in [3.05, 3.63) is 44.4 Å². The molecule has 1 aromatic carbocycles. The molecule has 0 bridgehead atoms. The Morgan fingerprint density at radius 3 is 2.95 bits per heavy atom. The monoisotopic (exact) mass is 278 g/mol. The van der Waals surface area contributed by atoms with Crippen molar-refractivity contribution in [3.63, 3.8) is 0 Å². The van der Waals surface area contributed by atoms with Gasteiger partial charge in [-0.05, 0) is 19.1 Å². The second-order valence-corrected chi connectivity index (χ2v) is 5.00. The number of nitrogen functional groups attached to an aromatic ring is 1. The van der Waals surface area contributed by atoms with Gasteiger partial charge in [-0.3, -0.25) is 10.1 Å². The molecule has 0 saturated heterocycles. The predicted molar refractivity (Wildman–Crippen MR) is 76.6 cm³/mol. The van der Waals surface area contributed by atoms with Gasteiger partial charge in [-0.2, -0.15) is 0 Å². The Morgan fingerprint density at radius 1 is 1.53 bits per heavy atom. The second-order valence-electron chi connectivity index (χ2n) is 4.06. The summed E-state index contributed by atoms with van der Waals surface area (Å²) in [7, 11) is 0. The fourth-order valence-electron chi connectivity index (χ4n) is 1.73. The number of aryl methyl sites for hydroxylation is 1. The SMILES string of the molecule is Cc1csc(CCNc2cccc(N)c2[N+](=O)[O-])n1. The van der Waals surface area contributed by atoms with E-state index in [9.17, 15) is 10.1 Å². The zero-order valence-electron chi connectivity index (χ0n) is 10.4. The molecule has 2 aromatic rings. The summed E-state index contributed by atoms with van der Waals surface area (Å²) in [5.74, 6) is 0. The zero-order valence-corrected chi connectivity index (χ0v) is 11.2. The van der Waals surface area contributed by atoms with E-state index in [2.05, 4.69) is 10.3 Å². The second kappa shape index (κ2) is 5.66. The molecule has 0 saturated carbocycles. The molecule has 0 amide bonds. The molecule has 0 spiro atoms. The number of thiazole rings is 1. The lowest BCUT2D eigenvalue weighted by Gasteiger charge is -2.07. The molecule has 0 aliphatic heterocycles. The fraction of sp³-hybridized carbons (Fsp3) is 0.250.